The van der Waals surface area contributed by atoms with E-state index in [0.717, 1.165) is 0 Å². The maximum Gasteiger partial charge on any atom is 0.326 e. The van der Waals surface area contributed by atoms with Gasteiger partial charge in [0.15, 0.2) is 0 Å². The van der Waals surface area contributed by atoms with Crippen molar-refractivity contribution < 1.29 is 88.2 Å². The molecule has 0 bridgehead atoms. The van der Waals surface area contributed by atoms with Crippen molar-refractivity contribution in [3.8, 4) is 0 Å². The number of aliphatic carboxylic acids is 3. The summed E-state index contributed by atoms with van der Waals surface area (Å²) in [5.41, 5.74) is 11.7. The van der Waals surface area contributed by atoms with E-state index in [1.807, 2.05) is 0 Å². The Hall–Kier alpha value is -7.34. The number of carbonyl (C=O) groups is 12. The van der Waals surface area contributed by atoms with Crippen LogP contribution in [0.1, 0.15) is 105 Å². The van der Waals surface area contributed by atoms with Gasteiger partial charge in [-0.15, -0.1) is 0 Å². The van der Waals surface area contributed by atoms with E-state index in [4.69, 9.17) is 11.5 Å². The number of unbranched alkanes of at least 4 members (excludes halogenated alkanes) is 1. The highest BCUT2D eigenvalue weighted by atomic mass is 16.4. The molecule has 0 aliphatic heterocycles. The first-order valence-corrected chi connectivity index (χ1v) is 26.4. The summed E-state index contributed by atoms with van der Waals surface area (Å²) in [4.78, 5) is 158. The van der Waals surface area contributed by atoms with Crippen LogP contribution in [0.2, 0.25) is 0 Å². The van der Waals surface area contributed by atoms with Crippen molar-refractivity contribution in [1.82, 2.24) is 47.9 Å². The molecule has 29 nitrogen and oxygen atoms in total. The highest BCUT2D eigenvalue weighted by molar-refractivity contribution is 5.99. The van der Waals surface area contributed by atoms with E-state index in [1.165, 1.54) is 13.8 Å². The minimum atomic E-state index is -1.95. The van der Waals surface area contributed by atoms with Crippen LogP contribution in [0.4, 0.5) is 0 Å². The van der Waals surface area contributed by atoms with E-state index in [9.17, 15) is 88.2 Å². The van der Waals surface area contributed by atoms with E-state index in [2.05, 4.69) is 47.9 Å². The normalized spacial score (nSPS) is 15.3. The molecule has 19 N–H and O–H groups in total. The lowest BCUT2D eigenvalue weighted by Gasteiger charge is -2.31. The van der Waals surface area contributed by atoms with Gasteiger partial charge in [0.05, 0.1) is 19.8 Å². The standard InChI is InChI=1S/C51H83N11O18/c1-7-28(6)41(50(78)58-34(21-26(2)3)45(73)56-33(51(79)80)15-11-12-20-52)62-49(77)40(27(4)5)61-44(72)32(17-19-39(68)69)54-43(71)31(16-18-38(66)67)55-47(75)36(24-64)60-48(76)37(25-65)59-46(74)35(57-42(70)30(53)23-63)22-29-13-9-8-10-14-29/h8-10,13-14,26-28,30-37,40-41,63-65H,7,11-12,15-25,52-53H2,1-6H3,(H,54,71)(H,55,75)(H,56,73)(H,57,70)(H,58,78)(H,59,74)(H,60,76)(H,61,72)(H,62,77)(H,66,67)(H,68,69)(H,79,80)/t28-,30-,31-,32-,33-,34-,35-,36-,37-,40-,41-/m0/s1. The highest BCUT2D eigenvalue weighted by Gasteiger charge is 2.37. The zero-order valence-corrected chi connectivity index (χ0v) is 46.0. The van der Waals surface area contributed by atoms with Crippen molar-refractivity contribution in [2.24, 2.45) is 29.2 Å². The molecule has 80 heavy (non-hydrogen) atoms. The van der Waals surface area contributed by atoms with Gasteiger partial charge >= 0.3 is 17.9 Å². The van der Waals surface area contributed by atoms with Crippen LogP contribution in [0.15, 0.2) is 30.3 Å². The van der Waals surface area contributed by atoms with Crippen molar-refractivity contribution in [3.63, 3.8) is 0 Å². The zero-order chi connectivity index (χ0) is 60.8. The molecule has 29 heteroatoms. The van der Waals surface area contributed by atoms with Gasteiger partial charge in [0.2, 0.25) is 53.2 Å². The van der Waals surface area contributed by atoms with Gasteiger partial charge in [-0.1, -0.05) is 78.3 Å². The van der Waals surface area contributed by atoms with Crippen LogP contribution < -0.4 is 59.3 Å². The van der Waals surface area contributed by atoms with E-state index < -0.39 is 189 Å². The average Bonchev–Trinajstić information content (AvgIpc) is 3.40. The highest BCUT2D eigenvalue weighted by Crippen LogP contribution is 2.15. The first-order chi connectivity index (χ1) is 37.6. The monoisotopic (exact) mass is 1140 g/mol. The second-order valence-corrected chi connectivity index (χ2v) is 20.0. The first-order valence-electron chi connectivity index (χ1n) is 26.4. The molecule has 0 spiro atoms. The predicted molar refractivity (Wildman–Crippen MR) is 285 cm³/mol. The molecule has 0 aromatic heterocycles. The van der Waals surface area contributed by atoms with Crippen LogP contribution in [-0.2, 0) is 64.0 Å². The van der Waals surface area contributed by atoms with Crippen LogP contribution in [-0.4, -0.2) is 188 Å². The third kappa shape index (κ3) is 25.6. The number of benzene rings is 1. The van der Waals surface area contributed by atoms with E-state index in [-0.39, 0.29) is 25.2 Å². The largest absolute Gasteiger partial charge is 0.481 e. The Morgan fingerprint density at radius 1 is 0.475 bits per heavy atom. The predicted octanol–water partition coefficient (Wildman–Crippen LogP) is -4.41. The molecule has 0 unspecified atom stereocenters. The van der Waals surface area contributed by atoms with Gasteiger partial charge < -0.3 is 90.0 Å². The van der Waals surface area contributed by atoms with Crippen molar-refractivity contribution in [1.29, 1.82) is 0 Å². The van der Waals surface area contributed by atoms with Gasteiger partial charge in [0.1, 0.15) is 60.4 Å². The molecular formula is C51H83N11O18. The Balaban J connectivity index is 3.42. The average molecular weight is 1140 g/mol. The molecular weight excluding hydrogens is 1050 g/mol. The summed E-state index contributed by atoms with van der Waals surface area (Å²) in [6.45, 7) is 7.21. The second-order valence-electron chi connectivity index (χ2n) is 20.0. The summed E-state index contributed by atoms with van der Waals surface area (Å²) in [6, 6.07) is -7.37. The number of nitrogens with two attached hydrogens (primary N) is 2. The molecule has 0 fully saturated rings. The number of aliphatic hydroxyl groups excluding tert-OH is 3. The molecule has 450 valence electrons. The molecule has 0 heterocycles. The lowest BCUT2D eigenvalue weighted by Crippen LogP contribution is -2.62. The summed E-state index contributed by atoms with van der Waals surface area (Å²) in [6.07, 6.45) is -1.59. The Bertz CT molecular complexity index is 2240. The third-order valence-corrected chi connectivity index (χ3v) is 12.6. The summed E-state index contributed by atoms with van der Waals surface area (Å²) in [5, 5.41) is 79.8. The van der Waals surface area contributed by atoms with Crippen LogP contribution in [0, 0.1) is 17.8 Å². The van der Waals surface area contributed by atoms with Crippen molar-refractivity contribution in [3.05, 3.63) is 35.9 Å². The van der Waals surface area contributed by atoms with Crippen LogP contribution >= 0.6 is 0 Å². The van der Waals surface area contributed by atoms with Gasteiger partial charge in [0.25, 0.3) is 0 Å². The SMILES string of the molecule is CC[C@H](C)[C@H](NC(=O)[C@@H](NC(=O)[C@H](CCC(=O)O)NC(=O)[C@H](CCC(=O)O)NC(=O)[C@H](CO)NC(=O)[C@H](CO)NC(=O)[C@H](Cc1ccccc1)NC(=O)[C@@H](N)CO)C(C)C)C(=O)N[C@@H](CC(C)C)C(=O)N[C@@H](CCCCN)C(=O)O. The van der Waals surface area contributed by atoms with Crippen molar-refractivity contribution in [2.45, 2.75) is 166 Å². The van der Waals surface area contributed by atoms with Crippen LogP contribution in [0.5, 0.6) is 0 Å². The maximum absolute atomic E-state index is 14.1. The summed E-state index contributed by atoms with van der Waals surface area (Å²) in [7, 11) is 0. The lowest BCUT2D eigenvalue weighted by molar-refractivity contribution is -0.142. The number of carboxylic acids is 3. The Labute approximate surface area is 463 Å². The molecule has 0 radical (unpaired) electrons. The van der Waals surface area contributed by atoms with Gasteiger partial charge in [-0.3, -0.25) is 52.7 Å². The molecule has 11 atom stereocenters. The number of aliphatic hydroxyl groups is 3. The molecule has 0 saturated carbocycles. The van der Waals surface area contributed by atoms with E-state index in [0.29, 0.717) is 31.4 Å². The number of carboxylic acid groups (broad SMARTS) is 3. The quantitative estimate of drug-likeness (QED) is 0.0277. The lowest BCUT2D eigenvalue weighted by atomic mass is 9.95. The zero-order valence-electron chi connectivity index (χ0n) is 46.0. The van der Waals surface area contributed by atoms with Gasteiger partial charge in [-0.05, 0) is 68.4 Å². The molecule has 0 aliphatic rings. The Morgan fingerprint density at radius 2 is 0.887 bits per heavy atom. The number of rotatable bonds is 39. The minimum absolute atomic E-state index is 0.0790. The summed E-state index contributed by atoms with van der Waals surface area (Å²) in [5.74, 6) is -15.1. The van der Waals surface area contributed by atoms with Gasteiger partial charge in [-0.2, -0.15) is 0 Å². The first kappa shape index (κ1) is 70.7. The number of hydrogen-bond acceptors (Lipinski definition) is 17. The third-order valence-electron chi connectivity index (χ3n) is 12.6. The smallest absolute Gasteiger partial charge is 0.326 e. The van der Waals surface area contributed by atoms with Crippen LogP contribution in [0.3, 0.4) is 0 Å². The second kappa shape index (κ2) is 36.8. The Kier molecular flexibility index (Phi) is 32.5. The Morgan fingerprint density at radius 3 is 1.32 bits per heavy atom. The number of hydrogen-bond donors (Lipinski definition) is 17. The summed E-state index contributed by atoms with van der Waals surface area (Å²) < 4.78 is 0. The van der Waals surface area contributed by atoms with Gasteiger partial charge in [0, 0.05) is 19.3 Å². The number of amides is 9. The van der Waals surface area contributed by atoms with Crippen LogP contribution in [0.25, 0.3) is 0 Å². The van der Waals surface area contributed by atoms with Gasteiger partial charge in [-0.25, -0.2) is 4.79 Å². The van der Waals surface area contributed by atoms with Crippen molar-refractivity contribution >= 4 is 71.1 Å². The molecule has 1 rings (SSSR count). The number of nitrogens with one attached hydrogen (secondary N) is 9. The molecule has 1 aromatic rings. The maximum atomic E-state index is 14.1. The van der Waals surface area contributed by atoms with E-state index >= 15 is 0 Å². The number of carbonyl (C=O) groups excluding carboxylic acids is 9. The molecule has 0 saturated heterocycles. The minimum Gasteiger partial charge on any atom is -0.481 e. The topological polar surface area (TPSA) is 487 Å². The fourth-order valence-corrected chi connectivity index (χ4v) is 7.69. The van der Waals surface area contributed by atoms with Crippen molar-refractivity contribution in [2.75, 3.05) is 26.4 Å². The van der Waals surface area contributed by atoms with E-state index in [1.54, 1.807) is 58.0 Å². The molecule has 0 aliphatic carbocycles. The fraction of sp³-hybridized carbons (Fsp3) is 0.647. The molecule has 1 aromatic carbocycles. The summed E-state index contributed by atoms with van der Waals surface area (Å²) >= 11 is 0. The molecule has 9 amide bonds. The fourth-order valence-electron chi connectivity index (χ4n) is 7.69.